The number of aryl methyl sites for hydroxylation is 1. The van der Waals surface area contributed by atoms with Crippen LogP contribution in [0.15, 0.2) is 65.5 Å². The molecular formula is C19H20N4O2. The molecule has 0 bridgehead atoms. The maximum Gasteiger partial charge on any atom is 0.254 e. The highest BCUT2D eigenvalue weighted by atomic mass is 16.3. The Bertz CT molecular complexity index is 786. The third-order valence-electron chi connectivity index (χ3n) is 3.73. The Balaban J connectivity index is 1.51. The molecule has 2 heterocycles. The van der Waals surface area contributed by atoms with E-state index in [4.69, 9.17) is 4.42 Å². The minimum absolute atomic E-state index is 0.0275. The number of hydrogen-bond donors (Lipinski definition) is 2. The Labute approximate surface area is 146 Å². The number of hydrogen-bond acceptors (Lipinski definition) is 5. The van der Waals surface area contributed by atoms with Gasteiger partial charge >= 0.3 is 0 Å². The second kappa shape index (κ2) is 8.10. The normalized spacial score (nSPS) is 11.7. The summed E-state index contributed by atoms with van der Waals surface area (Å²) in [5.74, 6) is 1.19. The van der Waals surface area contributed by atoms with E-state index >= 15 is 0 Å². The van der Waals surface area contributed by atoms with Crippen molar-refractivity contribution in [1.29, 1.82) is 0 Å². The van der Waals surface area contributed by atoms with Gasteiger partial charge in [-0.25, -0.2) is 9.97 Å². The van der Waals surface area contributed by atoms with Crippen LogP contribution in [0.4, 0.5) is 11.6 Å². The van der Waals surface area contributed by atoms with Crippen molar-refractivity contribution < 1.29 is 9.21 Å². The second-order valence-electron chi connectivity index (χ2n) is 5.78. The molecule has 0 unspecified atom stereocenters. The van der Waals surface area contributed by atoms with E-state index < -0.39 is 0 Å². The number of nitrogens with zero attached hydrogens (tertiary/aromatic N) is 2. The van der Waals surface area contributed by atoms with Gasteiger partial charge in [0.1, 0.15) is 5.76 Å². The number of amides is 1. The maximum atomic E-state index is 12.3. The minimum atomic E-state index is -0.182. The molecule has 25 heavy (non-hydrogen) atoms. The number of nitrogens with one attached hydrogen (secondary N) is 2. The Morgan fingerprint density at radius 3 is 2.56 bits per heavy atom. The highest BCUT2D eigenvalue weighted by molar-refractivity contribution is 5.93. The summed E-state index contributed by atoms with van der Waals surface area (Å²) < 4.78 is 5.30. The zero-order valence-corrected chi connectivity index (χ0v) is 14.0. The molecule has 0 aliphatic heterocycles. The van der Waals surface area contributed by atoms with Crippen molar-refractivity contribution in [1.82, 2.24) is 15.3 Å². The first kappa shape index (κ1) is 16.7. The Kier molecular flexibility index (Phi) is 5.41. The van der Waals surface area contributed by atoms with Crippen LogP contribution in [-0.2, 0) is 6.42 Å². The average molecular weight is 336 g/mol. The molecule has 0 fully saturated rings. The van der Waals surface area contributed by atoms with E-state index in [2.05, 4.69) is 20.6 Å². The van der Waals surface area contributed by atoms with E-state index in [1.54, 1.807) is 6.26 Å². The lowest BCUT2D eigenvalue weighted by atomic mass is 10.1. The molecule has 0 radical (unpaired) electrons. The molecule has 0 aliphatic rings. The van der Waals surface area contributed by atoms with Crippen LogP contribution < -0.4 is 10.6 Å². The molecule has 0 saturated carbocycles. The van der Waals surface area contributed by atoms with Gasteiger partial charge in [-0.15, -0.1) is 0 Å². The van der Waals surface area contributed by atoms with Gasteiger partial charge in [0.15, 0.2) is 0 Å². The second-order valence-corrected chi connectivity index (χ2v) is 5.78. The number of carbonyl (C=O) groups excluding carboxylic acids is 1. The van der Waals surface area contributed by atoms with Crippen LogP contribution in [0, 0.1) is 0 Å². The number of furan rings is 1. The van der Waals surface area contributed by atoms with E-state index in [0.717, 1.165) is 24.3 Å². The number of para-hydroxylation sites is 1. The smallest absolute Gasteiger partial charge is 0.254 e. The molecule has 3 aromatic rings. The van der Waals surface area contributed by atoms with E-state index in [-0.39, 0.29) is 11.9 Å². The van der Waals surface area contributed by atoms with E-state index in [1.165, 1.54) is 12.4 Å². The molecule has 2 aromatic heterocycles. The first-order chi connectivity index (χ1) is 12.2. The maximum absolute atomic E-state index is 12.3. The van der Waals surface area contributed by atoms with Gasteiger partial charge in [0, 0.05) is 30.5 Å². The third-order valence-corrected chi connectivity index (χ3v) is 3.73. The van der Waals surface area contributed by atoms with Crippen LogP contribution in [0.3, 0.4) is 0 Å². The number of carbonyl (C=O) groups is 1. The molecular weight excluding hydrogens is 316 g/mol. The van der Waals surface area contributed by atoms with Gasteiger partial charge in [0.25, 0.3) is 5.91 Å². The van der Waals surface area contributed by atoms with Crippen LogP contribution in [0.25, 0.3) is 0 Å². The summed E-state index contributed by atoms with van der Waals surface area (Å²) in [4.78, 5) is 20.6. The number of benzene rings is 1. The minimum Gasteiger partial charge on any atom is -0.469 e. The average Bonchev–Trinajstić information content (AvgIpc) is 3.15. The summed E-state index contributed by atoms with van der Waals surface area (Å²) in [6.45, 7) is 1.97. The highest BCUT2D eigenvalue weighted by Gasteiger charge is 2.11. The molecule has 0 spiro atoms. The SMILES string of the molecule is C[C@H](CCc1ccco1)NC(=O)c1cnc(Nc2ccccc2)nc1. The molecule has 6 heteroatoms. The molecule has 3 rings (SSSR count). The van der Waals surface area contributed by atoms with Gasteiger partial charge < -0.3 is 15.1 Å². The van der Waals surface area contributed by atoms with Crippen LogP contribution in [0.5, 0.6) is 0 Å². The fourth-order valence-corrected chi connectivity index (χ4v) is 2.35. The number of aromatic nitrogens is 2. The molecule has 0 aliphatic carbocycles. The van der Waals surface area contributed by atoms with Crippen LogP contribution in [0.2, 0.25) is 0 Å². The summed E-state index contributed by atoms with van der Waals surface area (Å²) in [6, 6.07) is 13.5. The lowest BCUT2D eigenvalue weighted by Crippen LogP contribution is -2.33. The largest absolute Gasteiger partial charge is 0.469 e. The van der Waals surface area contributed by atoms with E-state index in [9.17, 15) is 4.79 Å². The molecule has 1 amide bonds. The summed E-state index contributed by atoms with van der Waals surface area (Å²) in [6.07, 6.45) is 6.28. The number of rotatable bonds is 7. The Morgan fingerprint density at radius 1 is 1.12 bits per heavy atom. The predicted molar refractivity (Wildman–Crippen MR) is 95.7 cm³/mol. The van der Waals surface area contributed by atoms with Crippen molar-refractivity contribution in [2.24, 2.45) is 0 Å². The fourth-order valence-electron chi connectivity index (χ4n) is 2.35. The topological polar surface area (TPSA) is 80.0 Å². The van der Waals surface area contributed by atoms with Gasteiger partial charge in [-0.3, -0.25) is 4.79 Å². The van der Waals surface area contributed by atoms with Gasteiger partial charge in [-0.05, 0) is 37.6 Å². The Morgan fingerprint density at radius 2 is 1.88 bits per heavy atom. The van der Waals surface area contributed by atoms with Crippen molar-refractivity contribution in [3.63, 3.8) is 0 Å². The summed E-state index contributed by atoms with van der Waals surface area (Å²) in [7, 11) is 0. The van der Waals surface area contributed by atoms with Gasteiger partial charge in [0.2, 0.25) is 5.95 Å². The summed E-state index contributed by atoms with van der Waals surface area (Å²) >= 11 is 0. The third kappa shape index (κ3) is 4.91. The van der Waals surface area contributed by atoms with Crippen LogP contribution in [-0.4, -0.2) is 21.9 Å². The first-order valence-electron chi connectivity index (χ1n) is 8.18. The van der Waals surface area contributed by atoms with E-state index in [1.807, 2.05) is 49.4 Å². The lowest BCUT2D eigenvalue weighted by molar-refractivity contribution is 0.0937. The predicted octanol–water partition coefficient (Wildman–Crippen LogP) is 3.56. The summed E-state index contributed by atoms with van der Waals surface area (Å²) in [5.41, 5.74) is 1.33. The van der Waals surface area contributed by atoms with Gasteiger partial charge in [-0.2, -0.15) is 0 Å². The lowest BCUT2D eigenvalue weighted by Gasteiger charge is -2.13. The molecule has 1 aromatic carbocycles. The Hall–Kier alpha value is -3.15. The molecule has 0 saturated heterocycles. The van der Waals surface area contributed by atoms with Gasteiger partial charge in [0.05, 0.1) is 11.8 Å². The van der Waals surface area contributed by atoms with Crippen LogP contribution in [0.1, 0.15) is 29.5 Å². The quantitative estimate of drug-likeness (QED) is 0.689. The van der Waals surface area contributed by atoms with Crippen molar-refractivity contribution in [2.45, 2.75) is 25.8 Å². The monoisotopic (exact) mass is 336 g/mol. The van der Waals surface area contributed by atoms with Gasteiger partial charge in [-0.1, -0.05) is 18.2 Å². The van der Waals surface area contributed by atoms with E-state index in [0.29, 0.717) is 11.5 Å². The first-order valence-corrected chi connectivity index (χ1v) is 8.18. The van der Waals surface area contributed by atoms with Crippen molar-refractivity contribution >= 4 is 17.5 Å². The standard InChI is InChI=1S/C19H20N4O2/c1-14(9-10-17-8-5-11-25-17)22-18(24)15-12-20-19(21-13-15)23-16-6-3-2-4-7-16/h2-8,11-14H,9-10H2,1H3,(H,22,24)(H,20,21,23)/t14-/m1/s1. The molecule has 1 atom stereocenters. The summed E-state index contributed by atoms with van der Waals surface area (Å²) in [5, 5.41) is 6.03. The fraction of sp³-hybridized carbons (Fsp3) is 0.211. The molecule has 6 nitrogen and oxygen atoms in total. The number of anilines is 2. The molecule has 128 valence electrons. The highest BCUT2D eigenvalue weighted by Crippen LogP contribution is 2.11. The zero-order chi connectivity index (χ0) is 17.5. The molecule has 2 N–H and O–H groups in total. The van der Waals surface area contributed by atoms with Crippen molar-refractivity contribution in [3.8, 4) is 0 Å². The van der Waals surface area contributed by atoms with Crippen LogP contribution >= 0.6 is 0 Å². The zero-order valence-electron chi connectivity index (χ0n) is 14.0. The van der Waals surface area contributed by atoms with Crippen molar-refractivity contribution in [3.05, 3.63) is 72.4 Å². The van der Waals surface area contributed by atoms with Crippen molar-refractivity contribution in [2.75, 3.05) is 5.32 Å².